The highest BCUT2D eigenvalue weighted by molar-refractivity contribution is 7.38. The van der Waals surface area contributed by atoms with E-state index in [2.05, 4.69) is 52.0 Å². The molecule has 154 valence electrons. The minimum Gasteiger partial charge on any atom is -0.394 e. The van der Waals surface area contributed by atoms with Crippen LogP contribution in [0.3, 0.4) is 0 Å². The first-order valence-corrected chi connectivity index (χ1v) is 9.92. The number of ether oxygens (including phenoxy) is 1. The Labute approximate surface area is 155 Å². The number of hydrogen-bond acceptors (Lipinski definition) is 6. The Hall–Kier alpha value is -0.330. The van der Waals surface area contributed by atoms with E-state index in [9.17, 15) is 0 Å². The van der Waals surface area contributed by atoms with E-state index in [1.54, 1.807) is 13.8 Å². The topological polar surface area (TPSA) is 110 Å². The first-order valence-electron chi connectivity index (χ1n) is 8.72. The highest BCUT2D eigenvalue weighted by atomic mass is 31.2. The largest absolute Gasteiger partial charge is 0.394 e. The van der Waals surface area contributed by atoms with Crippen LogP contribution in [0.25, 0.3) is 0 Å². The van der Waals surface area contributed by atoms with Crippen LogP contribution in [0.2, 0.25) is 0 Å². The number of unbranched alkanes of at least 4 members (excludes halogenated alkanes) is 2. The number of aliphatic hydroxyl groups excluding tert-OH is 2. The molecule has 0 saturated carbocycles. The van der Waals surface area contributed by atoms with Crippen molar-refractivity contribution in [3.8, 4) is 0 Å². The van der Waals surface area contributed by atoms with Gasteiger partial charge in [-0.25, -0.2) is 0 Å². The summed E-state index contributed by atoms with van der Waals surface area (Å²) in [6, 6.07) is 0. The van der Waals surface area contributed by atoms with E-state index in [-0.39, 0.29) is 12.7 Å². The molecule has 0 aliphatic rings. The molecular weight excluding hydrogens is 343 g/mol. The van der Waals surface area contributed by atoms with Gasteiger partial charge in [-0.05, 0) is 40.5 Å². The van der Waals surface area contributed by atoms with E-state index >= 15 is 0 Å². The van der Waals surface area contributed by atoms with Crippen molar-refractivity contribution in [1.29, 1.82) is 0 Å². The maximum atomic E-state index is 8.69. The highest BCUT2D eigenvalue weighted by Crippen LogP contribution is 2.11. The molecule has 0 bridgehead atoms. The van der Waals surface area contributed by atoms with E-state index in [1.165, 1.54) is 25.7 Å². The number of allylic oxidation sites excluding steroid dienone is 4. The second-order valence-electron chi connectivity index (χ2n) is 5.16. The standard InChI is InChI=1S/C6H14O3.2C6H12.H3O3P/c1-5(8)4-9-6(2)3-7;2*1-3-5-6-4-2;1-4(2)3/h5-8H,3-4H2,1-2H3;2*3,5H,4,6H2,1-2H3;1-3H. The Kier molecular flexibility index (Phi) is 40.7. The van der Waals surface area contributed by atoms with Gasteiger partial charge in [-0.3, -0.25) is 0 Å². The Morgan fingerprint density at radius 2 is 1.28 bits per heavy atom. The molecule has 0 rings (SSSR count). The van der Waals surface area contributed by atoms with Crippen LogP contribution in [0.5, 0.6) is 0 Å². The van der Waals surface area contributed by atoms with Crippen LogP contribution < -0.4 is 0 Å². The second-order valence-corrected chi connectivity index (χ2v) is 5.70. The van der Waals surface area contributed by atoms with Crippen molar-refractivity contribution in [2.75, 3.05) is 13.2 Å². The predicted molar refractivity (Wildman–Crippen MR) is 107 cm³/mol. The number of rotatable bonds is 8. The Morgan fingerprint density at radius 1 is 0.920 bits per heavy atom. The maximum absolute atomic E-state index is 8.69. The van der Waals surface area contributed by atoms with Crippen LogP contribution in [0.1, 0.15) is 67.2 Å². The van der Waals surface area contributed by atoms with Crippen LogP contribution >= 0.6 is 8.60 Å². The molecule has 25 heavy (non-hydrogen) atoms. The molecule has 0 heterocycles. The van der Waals surface area contributed by atoms with Gasteiger partial charge in [-0.1, -0.05) is 51.0 Å². The van der Waals surface area contributed by atoms with Gasteiger partial charge >= 0.3 is 8.60 Å². The van der Waals surface area contributed by atoms with E-state index < -0.39 is 14.7 Å². The maximum Gasteiger partial charge on any atom is 0.324 e. The van der Waals surface area contributed by atoms with Gasteiger partial charge < -0.3 is 29.6 Å². The molecule has 6 nitrogen and oxygen atoms in total. The first kappa shape index (κ1) is 32.4. The SMILES string of the molecule is CC(O)COC(C)CO.CC=CCCC.CC=CCCC.OP(O)O. The summed E-state index contributed by atoms with van der Waals surface area (Å²) < 4.78 is 4.95. The fourth-order valence-electron chi connectivity index (χ4n) is 1.02. The average molecular weight is 384 g/mol. The first-order chi connectivity index (χ1) is 11.7. The molecule has 0 aromatic carbocycles. The lowest BCUT2D eigenvalue weighted by Gasteiger charge is -2.10. The summed E-state index contributed by atoms with van der Waals surface area (Å²) in [5, 5.41) is 17.1. The van der Waals surface area contributed by atoms with Crippen molar-refractivity contribution in [2.45, 2.75) is 79.4 Å². The highest BCUT2D eigenvalue weighted by Gasteiger charge is 2.00. The zero-order chi connectivity index (χ0) is 20.5. The molecule has 0 radical (unpaired) electrons. The quantitative estimate of drug-likeness (QED) is 0.322. The summed E-state index contributed by atoms with van der Waals surface area (Å²) >= 11 is 0. The zero-order valence-electron chi connectivity index (χ0n) is 16.8. The van der Waals surface area contributed by atoms with Crippen molar-refractivity contribution in [1.82, 2.24) is 0 Å². The third kappa shape index (κ3) is 69.2. The van der Waals surface area contributed by atoms with Crippen molar-refractivity contribution in [2.24, 2.45) is 0 Å². The number of hydrogen-bond donors (Lipinski definition) is 5. The lowest BCUT2D eigenvalue weighted by Crippen LogP contribution is -2.19. The van der Waals surface area contributed by atoms with Crippen LogP contribution in [-0.2, 0) is 4.74 Å². The lowest BCUT2D eigenvalue weighted by molar-refractivity contribution is -0.0177. The monoisotopic (exact) mass is 384 g/mol. The normalized spacial score (nSPS) is 12.6. The predicted octanol–water partition coefficient (Wildman–Crippen LogP) is 3.68. The fraction of sp³-hybridized carbons (Fsp3) is 0.778. The molecule has 0 spiro atoms. The van der Waals surface area contributed by atoms with Crippen molar-refractivity contribution >= 4 is 8.60 Å². The minimum absolute atomic E-state index is 0.00667. The average Bonchev–Trinajstić information content (AvgIpc) is 2.56. The van der Waals surface area contributed by atoms with Gasteiger partial charge in [0.1, 0.15) is 0 Å². The lowest BCUT2D eigenvalue weighted by atomic mass is 10.3. The fourth-order valence-corrected chi connectivity index (χ4v) is 1.02. The van der Waals surface area contributed by atoms with Gasteiger partial charge in [0.25, 0.3) is 0 Å². The van der Waals surface area contributed by atoms with Crippen LogP contribution in [-0.4, -0.2) is 50.3 Å². The smallest absolute Gasteiger partial charge is 0.324 e. The molecule has 0 saturated heterocycles. The second kappa shape index (κ2) is 31.4. The molecule has 7 heteroatoms. The van der Waals surface area contributed by atoms with Crippen LogP contribution in [0.15, 0.2) is 24.3 Å². The third-order valence-electron chi connectivity index (χ3n) is 2.26. The van der Waals surface area contributed by atoms with Gasteiger partial charge in [-0.15, -0.1) is 0 Å². The summed E-state index contributed by atoms with van der Waals surface area (Å²) in [7, 11) is -2.62. The molecule has 2 atom stereocenters. The van der Waals surface area contributed by atoms with Gasteiger partial charge in [0.05, 0.1) is 25.4 Å². The Morgan fingerprint density at radius 3 is 1.44 bits per heavy atom. The van der Waals surface area contributed by atoms with Gasteiger partial charge in [-0.2, -0.15) is 0 Å². The molecule has 0 amide bonds. The minimum atomic E-state index is -2.62. The number of aliphatic hydroxyl groups is 2. The van der Waals surface area contributed by atoms with Crippen molar-refractivity contribution in [3.05, 3.63) is 24.3 Å². The van der Waals surface area contributed by atoms with Crippen molar-refractivity contribution < 1.29 is 29.6 Å². The zero-order valence-corrected chi connectivity index (χ0v) is 17.7. The molecule has 0 aliphatic carbocycles. The summed E-state index contributed by atoms with van der Waals surface area (Å²) in [5.74, 6) is 0. The van der Waals surface area contributed by atoms with Crippen LogP contribution in [0, 0.1) is 0 Å². The third-order valence-corrected chi connectivity index (χ3v) is 2.26. The molecule has 0 aliphatic heterocycles. The molecule has 0 fully saturated rings. The van der Waals surface area contributed by atoms with Gasteiger partial charge in [0.2, 0.25) is 0 Å². The summed E-state index contributed by atoms with van der Waals surface area (Å²) in [4.78, 5) is 21.7. The van der Waals surface area contributed by atoms with E-state index in [0.717, 1.165) is 0 Å². The summed E-state index contributed by atoms with van der Waals surface area (Å²) in [6.07, 6.45) is 12.9. The van der Waals surface area contributed by atoms with Crippen molar-refractivity contribution in [3.63, 3.8) is 0 Å². The van der Waals surface area contributed by atoms with E-state index in [4.69, 9.17) is 29.6 Å². The molecule has 0 aromatic heterocycles. The van der Waals surface area contributed by atoms with Crippen LogP contribution in [0.4, 0.5) is 0 Å². The van der Waals surface area contributed by atoms with E-state index in [0.29, 0.717) is 6.61 Å². The Bertz CT molecular complexity index is 241. The van der Waals surface area contributed by atoms with Gasteiger partial charge in [0, 0.05) is 0 Å². The Balaban J connectivity index is -0.000000123. The summed E-state index contributed by atoms with van der Waals surface area (Å²) in [6.45, 7) is 12.2. The van der Waals surface area contributed by atoms with E-state index in [1.807, 2.05) is 0 Å². The molecule has 2 unspecified atom stereocenters. The molecular formula is C18H41O6P. The molecule has 0 aromatic rings. The van der Waals surface area contributed by atoms with Gasteiger partial charge in [0.15, 0.2) is 0 Å². The summed E-state index contributed by atoms with van der Waals surface area (Å²) in [5.41, 5.74) is 0. The molecule has 5 N–H and O–H groups in total.